The summed E-state index contributed by atoms with van der Waals surface area (Å²) in [6.07, 6.45) is 5.75. The molecule has 2 rings (SSSR count). The molecule has 1 N–H and O–H groups in total. The van der Waals surface area contributed by atoms with Gasteiger partial charge >= 0.3 is 5.97 Å². The Hall–Kier alpha value is -0.860. The van der Waals surface area contributed by atoms with Crippen LogP contribution in [0.4, 0.5) is 0 Å². The van der Waals surface area contributed by atoms with E-state index < -0.39 is 5.41 Å². The summed E-state index contributed by atoms with van der Waals surface area (Å²) in [5, 5.41) is 7.53. The van der Waals surface area contributed by atoms with Crippen LogP contribution in [0, 0.1) is 22.7 Å². The molecule has 0 atom stereocenters. The van der Waals surface area contributed by atoms with E-state index >= 15 is 0 Å². The van der Waals surface area contributed by atoms with E-state index in [4.69, 9.17) is 10.1 Å². The van der Waals surface area contributed by atoms with Crippen molar-refractivity contribution in [2.24, 2.45) is 17.3 Å². The van der Waals surface area contributed by atoms with E-state index in [1.807, 2.05) is 6.92 Å². The largest absolute Gasteiger partial charge is 0.465 e. The van der Waals surface area contributed by atoms with Gasteiger partial charge in [0.15, 0.2) is 0 Å². The molecule has 0 saturated heterocycles. The van der Waals surface area contributed by atoms with Crippen LogP contribution in [0.3, 0.4) is 0 Å². The smallest absolute Gasteiger partial charge is 0.318 e. The number of carbonyl (C=O) groups excluding carboxylic acids is 1. The van der Waals surface area contributed by atoms with Crippen molar-refractivity contribution < 1.29 is 9.53 Å². The van der Waals surface area contributed by atoms with Crippen molar-refractivity contribution in [2.75, 3.05) is 6.61 Å². The van der Waals surface area contributed by atoms with Gasteiger partial charge in [0.1, 0.15) is 5.41 Å². The van der Waals surface area contributed by atoms with Crippen LogP contribution in [-0.2, 0) is 9.53 Å². The second-order valence-corrected chi connectivity index (χ2v) is 4.35. The van der Waals surface area contributed by atoms with E-state index in [-0.39, 0.29) is 5.97 Å². The highest BCUT2D eigenvalue weighted by molar-refractivity contribution is 5.95. The zero-order valence-electron chi connectivity index (χ0n) is 8.58. The third-order valence-electron chi connectivity index (χ3n) is 3.95. The maximum Gasteiger partial charge on any atom is 0.318 e. The molecule has 14 heavy (non-hydrogen) atoms. The Labute approximate surface area is 84.3 Å². The van der Waals surface area contributed by atoms with Gasteiger partial charge in [-0.05, 0) is 44.4 Å². The van der Waals surface area contributed by atoms with Crippen LogP contribution in [0.15, 0.2) is 0 Å². The molecule has 0 aromatic heterocycles. The number of rotatable bonds is 3. The molecule has 2 aliphatic carbocycles. The van der Waals surface area contributed by atoms with Gasteiger partial charge in [-0.25, -0.2) is 0 Å². The van der Waals surface area contributed by atoms with E-state index in [1.165, 1.54) is 6.21 Å². The molecule has 0 aromatic carbocycles. The highest BCUT2D eigenvalue weighted by atomic mass is 16.5. The first-order chi connectivity index (χ1) is 6.75. The van der Waals surface area contributed by atoms with Gasteiger partial charge in [-0.1, -0.05) is 0 Å². The summed E-state index contributed by atoms with van der Waals surface area (Å²) in [6, 6.07) is 0. The van der Waals surface area contributed by atoms with Crippen LogP contribution >= 0.6 is 0 Å². The van der Waals surface area contributed by atoms with Crippen molar-refractivity contribution >= 4 is 12.2 Å². The number of carbonyl (C=O) groups is 1. The first kappa shape index (κ1) is 9.69. The molecule has 3 heteroatoms. The summed E-state index contributed by atoms with van der Waals surface area (Å²) < 4.78 is 5.11. The molecular weight excluding hydrogens is 178 g/mol. The monoisotopic (exact) mass is 195 g/mol. The van der Waals surface area contributed by atoms with Gasteiger partial charge in [0, 0.05) is 6.21 Å². The van der Waals surface area contributed by atoms with Crippen LogP contribution < -0.4 is 0 Å². The summed E-state index contributed by atoms with van der Waals surface area (Å²) >= 11 is 0. The van der Waals surface area contributed by atoms with Crippen LogP contribution in [0.1, 0.15) is 32.6 Å². The molecule has 2 fully saturated rings. The second-order valence-electron chi connectivity index (χ2n) is 4.35. The van der Waals surface area contributed by atoms with Crippen molar-refractivity contribution in [3.05, 3.63) is 0 Å². The van der Waals surface area contributed by atoms with Crippen LogP contribution in [0.5, 0.6) is 0 Å². The highest BCUT2D eigenvalue weighted by Crippen LogP contribution is 2.57. The Morgan fingerprint density at radius 2 is 1.93 bits per heavy atom. The summed E-state index contributed by atoms with van der Waals surface area (Å²) in [4.78, 5) is 11.9. The fourth-order valence-electron chi connectivity index (χ4n) is 3.27. The molecule has 2 bridgehead atoms. The normalized spacial score (nSPS) is 39.8. The SMILES string of the molecule is CCOC(=O)C1(C=N)C2CCC1CC2. The lowest BCUT2D eigenvalue weighted by Gasteiger charge is -2.26. The molecule has 0 aliphatic heterocycles. The third kappa shape index (κ3) is 1.04. The van der Waals surface area contributed by atoms with E-state index in [2.05, 4.69) is 0 Å². The molecule has 3 nitrogen and oxygen atoms in total. The number of hydrogen-bond acceptors (Lipinski definition) is 3. The van der Waals surface area contributed by atoms with E-state index in [0.29, 0.717) is 18.4 Å². The number of esters is 1. The van der Waals surface area contributed by atoms with Crippen molar-refractivity contribution in [3.63, 3.8) is 0 Å². The van der Waals surface area contributed by atoms with E-state index in [1.54, 1.807) is 0 Å². The Kier molecular flexibility index (Phi) is 2.33. The molecule has 0 unspecified atom stereocenters. The van der Waals surface area contributed by atoms with Crippen LogP contribution in [-0.4, -0.2) is 18.8 Å². The highest BCUT2D eigenvalue weighted by Gasteiger charge is 2.58. The maximum absolute atomic E-state index is 11.9. The number of hydrogen-bond donors (Lipinski definition) is 1. The first-order valence-corrected chi connectivity index (χ1v) is 5.44. The van der Waals surface area contributed by atoms with Gasteiger partial charge in [0.25, 0.3) is 0 Å². The molecule has 78 valence electrons. The van der Waals surface area contributed by atoms with E-state index in [9.17, 15) is 4.79 Å². The molecular formula is C11H17NO2. The van der Waals surface area contributed by atoms with Gasteiger partial charge in [-0.2, -0.15) is 0 Å². The average molecular weight is 195 g/mol. The predicted octanol–water partition coefficient (Wildman–Crippen LogP) is 2.01. The van der Waals surface area contributed by atoms with Gasteiger partial charge in [0.2, 0.25) is 0 Å². The lowest BCUT2D eigenvalue weighted by atomic mass is 9.79. The third-order valence-corrected chi connectivity index (χ3v) is 3.95. The Bertz CT molecular complexity index is 242. The minimum atomic E-state index is -0.546. The standard InChI is InChI=1S/C11H17NO2/c1-2-14-10(13)11(7-12)8-3-4-9(11)6-5-8/h7-9,12H,2-6H2,1H3. The Morgan fingerprint density at radius 1 is 1.43 bits per heavy atom. The molecule has 0 radical (unpaired) electrons. The molecule has 0 aromatic rings. The topological polar surface area (TPSA) is 50.2 Å². The summed E-state index contributed by atoms with van der Waals surface area (Å²) in [6.45, 7) is 2.25. The van der Waals surface area contributed by atoms with Crippen molar-refractivity contribution in [1.29, 1.82) is 5.41 Å². The molecule has 0 heterocycles. The second kappa shape index (κ2) is 3.37. The van der Waals surface area contributed by atoms with Crippen LogP contribution in [0.25, 0.3) is 0 Å². The first-order valence-electron chi connectivity index (χ1n) is 5.44. The summed E-state index contributed by atoms with van der Waals surface area (Å²) in [5.41, 5.74) is -0.546. The van der Waals surface area contributed by atoms with Gasteiger partial charge in [-0.3, -0.25) is 4.79 Å². The fraction of sp³-hybridized carbons (Fsp3) is 0.818. The predicted molar refractivity (Wildman–Crippen MR) is 53.3 cm³/mol. The van der Waals surface area contributed by atoms with Crippen molar-refractivity contribution in [3.8, 4) is 0 Å². The minimum absolute atomic E-state index is 0.153. The molecule has 0 amide bonds. The summed E-state index contributed by atoms with van der Waals surface area (Å²) in [7, 11) is 0. The van der Waals surface area contributed by atoms with Crippen LogP contribution in [0.2, 0.25) is 0 Å². The lowest BCUT2D eigenvalue weighted by Crippen LogP contribution is -2.38. The lowest BCUT2D eigenvalue weighted by molar-refractivity contribution is -0.153. The van der Waals surface area contributed by atoms with Gasteiger partial charge in [-0.15, -0.1) is 0 Å². The average Bonchev–Trinajstić information content (AvgIpc) is 2.73. The summed E-state index contributed by atoms with van der Waals surface area (Å²) in [5.74, 6) is 0.605. The number of fused-ring (bicyclic) bond motifs is 2. The fourth-order valence-corrected chi connectivity index (χ4v) is 3.27. The van der Waals surface area contributed by atoms with Gasteiger partial charge < -0.3 is 10.1 Å². The molecule has 2 saturated carbocycles. The maximum atomic E-state index is 11.9. The zero-order valence-corrected chi connectivity index (χ0v) is 8.58. The Balaban J connectivity index is 2.26. The minimum Gasteiger partial charge on any atom is -0.465 e. The molecule has 0 spiro atoms. The molecule has 2 aliphatic rings. The zero-order chi connectivity index (χ0) is 10.2. The van der Waals surface area contributed by atoms with Gasteiger partial charge in [0.05, 0.1) is 6.61 Å². The van der Waals surface area contributed by atoms with E-state index in [0.717, 1.165) is 25.7 Å². The van der Waals surface area contributed by atoms with Crippen molar-refractivity contribution in [2.45, 2.75) is 32.6 Å². The van der Waals surface area contributed by atoms with Crippen molar-refractivity contribution in [1.82, 2.24) is 0 Å². The Morgan fingerprint density at radius 3 is 2.29 bits per heavy atom. The number of nitrogens with one attached hydrogen (secondary N) is 1. The quantitative estimate of drug-likeness (QED) is 0.553. The number of ether oxygens (including phenoxy) is 1.